The fourth-order valence-corrected chi connectivity index (χ4v) is 5.12. The molecule has 3 aromatic rings. The van der Waals surface area contributed by atoms with Crippen molar-refractivity contribution in [3.05, 3.63) is 76.2 Å². The molecule has 0 aliphatic heterocycles. The van der Waals surface area contributed by atoms with E-state index < -0.39 is 0 Å². The molecule has 2 N–H and O–H groups in total. The predicted octanol–water partition coefficient (Wildman–Crippen LogP) is 5.08. The highest BCUT2D eigenvalue weighted by Crippen LogP contribution is 2.37. The molecule has 0 saturated carbocycles. The first-order valence-electron chi connectivity index (χ1n) is 10.7. The lowest BCUT2D eigenvalue weighted by Crippen LogP contribution is -2.34. The molecule has 4 rings (SSSR count). The van der Waals surface area contributed by atoms with Gasteiger partial charge in [0, 0.05) is 10.4 Å². The molecule has 2 aromatic carbocycles. The van der Waals surface area contributed by atoms with E-state index in [1.54, 1.807) is 35.6 Å². The van der Waals surface area contributed by atoms with Crippen molar-refractivity contribution >= 4 is 39.6 Å². The molecule has 1 aliphatic rings. The van der Waals surface area contributed by atoms with Crippen LogP contribution < -0.4 is 20.1 Å². The second-order valence-corrected chi connectivity index (χ2v) is 8.98. The van der Waals surface area contributed by atoms with E-state index in [9.17, 15) is 10.1 Å². The van der Waals surface area contributed by atoms with Gasteiger partial charge in [-0.1, -0.05) is 18.2 Å². The number of hydrogen-bond acceptors (Lipinski definition) is 6. The molecule has 0 fully saturated rings. The van der Waals surface area contributed by atoms with Gasteiger partial charge in [-0.05, 0) is 79.9 Å². The van der Waals surface area contributed by atoms with Gasteiger partial charge in [-0.15, -0.1) is 11.3 Å². The molecular formula is C25H23N3O3S2. The number of thiophene rings is 1. The number of benzene rings is 2. The summed E-state index contributed by atoms with van der Waals surface area (Å²) < 4.78 is 11.3. The summed E-state index contributed by atoms with van der Waals surface area (Å²) in [5.74, 6) is 1.11. The van der Waals surface area contributed by atoms with E-state index in [0.717, 1.165) is 37.0 Å². The van der Waals surface area contributed by atoms with Crippen molar-refractivity contribution < 1.29 is 14.3 Å². The summed E-state index contributed by atoms with van der Waals surface area (Å²) in [7, 11) is 0. The Balaban J connectivity index is 1.27. The number of carbonyl (C=O) groups is 1. The van der Waals surface area contributed by atoms with Crippen LogP contribution in [0.2, 0.25) is 0 Å². The van der Waals surface area contributed by atoms with Crippen molar-refractivity contribution in [2.75, 3.05) is 18.5 Å². The summed E-state index contributed by atoms with van der Waals surface area (Å²) in [6.45, 7) is 0.809. The van der Waals surface area contributed by atoms with Crippen LogP contribution in [0.5, 0.6) is 11.5 Å². The number of amides is 1. The van der Waals surface area contributed by atoms with Gasteiger partial charge in [0.15, 0.2) is 5.11 Å². The van der Waals surface area contributed by atoms with E-state index >= 15 is 0 Å². The van der Waals surface area contributed by atoms with Gasteiger partial charge in [0.2, 0.25) is 0 Å². The van der Waals surface area contributed by atoms with Crippen LogP contribution in [-0.4, -0.2) is 24.2 Å². The smallest absolute Gasteiger partial charge is 0.257 e. The largest absolute Gasteiger partial charge is 0.490 e. The van der Waals surface area contributed by atoms with Gasteiger partial charge in [-0.25, -0.2) is 0 Å². The molecule has 1 aliphatic carbocycles. The van der Waals surface area contributed by atoms with Crippen LogP contribution in [-0.2, 0) is 12.8 Å². The van der Waals surface area contributed by atoms with Gasteiger partial charge in [-0.2, -0.15) is 5.26 Å². The number of hydrogen-bond donors (Lipinski definition) is 2. The topological polar surface area (TPSA) is 83.4 Å². The number of thiocarbonyl (C=S) groups is 1. The second-order valence-electron chi connectivity index (χ2n) is 7.47. The van der Waals surface area contributed by atoms with Crippen LogP contribution >= 0.6 is 23.6 Å². The average Bonchev–Trinajstić information content (AvgIpc) is 3.19. The Labute approximate surface area is 202 Å². The maximum absolute atomic E-state index is 12.6. The molecular weight excluding hydrogens is 454 g/mol. The van der Waals surface area contributed by atoms with E-state index in [0.29, 0.717) is 35.1 Å². The number of nitrogens with one attached hydrogen (secondary N) is 2. The number of rotatable bonds is 7. The van der Waals surface area contributed by atoms with Crippen LogP contribution in [0.15, 0.2) is 54.6 Å². The van der Waals surface area contributed by atoms with Gasteiger partial charge < -0.3 is 14.8 Å². The van der Waals surface area contributed by atoms with E-state index in [1.165, 1.54) is 4.88 Å². The van der Waals surface area contributed by atoms with Crippen LogP contribution in [0.4, 0.5) is 5.00 Å². The normalized spacial score (nSPS) is 12.2. The number of aryl methyl sites for hydroxylation is 1. The van der Waals surface area contributed by atoms with Gasteiger partial charge >= 0.3 is 0 Å². The summed E-state index contributed by atoms with van der Waals surface area (Å²) in [5.41, 5.74) is 2.22. The van der Waals surface area contributed by atoms with Crippen molar-refractivity contribution in [3.8, 4) is 17.6 Å². The highest BCUT2D eigenvalue weighted by molar-refractivity contribution is 7.80. The van der Waals surface area contributed by atoms with E-state index in [4.69, 9.17) is 21.7 Å². The van der Waals surface area contributed by atoms with Gasteiger partial charge in [0.1, 0.15) is 35.8 Å². The van der Waals surface area contributed by atoms with Gasteiger partial charge in [0.25, 0.3) is 5.91 Å². The monoisotopic (exact) mass is 477 g/mol. The summed E-state index contributed by atoms with van der Waals surface area (Å²) in [6.07, 6.45) is 4.14. The summed E-state index contributed by atoms with van der Waals surface area (Å²) >= 11 is 6.86. The zero-order valence-electron chi connectivity index (χ0n) is 17.9. The lowest BCUT2D eigenvalue weighted by molar-refractivity contribution is 0.0977. The minimum absolute atomic E-state index is 0.175. The van der Waals surface area contributed by atoms with Crippen LogP contribution in [0.3, 0.4) is 0 Å². The second kappa shape index (κ2) is 10.9. The van der Waals surface area contributed by atoms with Crippen molar-refractivity contribution in [1.82, 2.24) is 5.32 Å². The molecule has 0 bridgehead atoms. The third kappa shape index (κ3) is 5.89. The van der Waals surface area contributed by atoms with Gasteiger partial charge in [0.05, 0.1) is 5.56 Å². The lowest BCUT2D eigenvalue weighted by atomic mass is 9.96. The highest BCUT2D eigenvalue weighted by Gasteiger charge is 2.21. The third-order valence-electron chi connectivity index (χ3n) is 5.22. The molecule has 0 atom stereocenters. The SMILES string of the molecule is N#Cc1c(NC(=S)NC(=O)c2ccc(OCCOc3ccccc3)cc2)sc2c1CCCC2. The van der Waals surface area contributed by atoms with E-state index in [1.807, 2.05) is 30.3 Å². The van der Waals surface area contributed by atoms with Crippen LogP contribution in [0, 0.1) is 11.3 Å². The highest BCUT2D eigenvalue weighted by atomic mass is 32.1. The first-order chi connectivity index (χ1) is 16.1. The van der Waals surface area contributed by atoms with Crippen molar-refractivity contribution in [2.24, 2.45) is 0 Å². The van der Waals surface area contributed by atoms with Crippen molar-refractivity contribution in [3.63, 3.8) is 0 Å². The van der Waals surface area contributed by atoms with Crippen LogP contribution in [0.1, 0.15) is 39.2 Å². The molecule has 1 amide bonds. The zero-order valence-corrected chi connectivity index (χ0v) is 19.6. The van der Waals surface area contributed by atoms with Crippen molar-refractivity contribution in [1.29, 1.82) is 5.26 Å². The molecule has 0 unspecified atom stereocenters. The maximum Gasteiger partial charge on any atom is 0.257 e. The first-order valence-corrected chi connectivity index (χ1v) is 11.9. The number of nitriles is 1. The quantitative estimate of drug-likeness (QED) is 0.365. The fourth-order valence-electron chi connectivity index (χ4n) is 3.62. The number of ether oxygens (including phenoxy) is 2. The van der Waals surface area contributed by atoms with Crippen LogP contribution in [0.25, 0.3) is 0 Å². The molecule has 33 heavy (non-hydrogen) atoms. The zero-order chi connectivity index (χ0) is 23.0. The molecule has 8 heteroatoms. The molecule has 168 valence electrons. The van der Waals surface area contributed by atoms with E-state index in [-0.39, 0.29) is 11.0 Å². The number of fused-ring (bicyclic) bond motifs is 1. The predicted molar refractivity (Wildman–Crippen MR) is 133 cm³/mol. The Morgan fingerprint density at radius 1 is 1.00 bits per heavy atom. The van der Waals surface area contributed by atoms with Gasteiger partial charge in [-0.3, -0.25) is 10.1 Å². The number of anilines is 1. The Morgan fingerprint density at radius 2 is 1.67 bits per heavy atom. The lowest BCUT2D eigenvalue weighted by Gasteiger charge is -2.10. The summed E-state index contributed by atoms with van der Waals surface area (Å²) in [4.78, 5) is 13.8. The Morgan fingerprint density at radius 3 is 2.36 bits per heavy atom. The summed E-state index contributed by atoms with van der Waals surface area (Å²) in [5, 5.41) is 16.2. The fraction of sp³-hybridized carbons (Fsp3) is 0.240. The minimum Gasteiger partial charge on any atom is -0.490 e. The molecule has 1 heterocycles. The Bertz CT molecular complexity index is 1170. The maximum atomic E-state index is 12.6. The molecule has 6 nitrogen and oxygen atoms in total. The molecule has 0 spiro atoms. The standard InChI is InChI=1S/C25H23N3O3S2/c26-16-21-20-8-4-5-9-22(20)33-24(21)28-25(32)27-23(29)17-10-12-19(13-11-17)31-15-14-30-18-6-2-1-3-7-18/h1-3,6-7,10-13H,4-5,8-9,14-15H2,(H2,27,28,29,32). The Kier molecular flexibility index (Phi) is 7.55. The molecule has 0 radical (unpaired) electrons. The molecule has 0 saturated heterocycles. The summed E-state index contributed by atoms with van der Waals surface area (Å²) in [6, 6.07) is 18.6. The Hall–Kier alpha value is -3.41. The molecule has 1 aromatic heterocycles. The number of nitrogens with zero attached hydrogens (tertiary/aromatic N) is 1. The third-order valence-corrected chi connectivity index (χ3v) is 6.63. The van der Waals surface area contributed by atoms with E-state index in [2.05, 4.69) is 16.7 Å². The number of para-hydroxylation sites is 1. The van der Waals surface area contributed by atoms with Crippen molar-refractivity contribution in [2.45, 2.75) is 25.7 Å². The first kappa shape index (κ1) is 22.8. The minimum atomic E-state index is -0.328. The average molecular weight is 478 g/mol. The number of carbonyl (C=O) groups excluding carboxylic acids is 1.